The summed E-state index contributed by atoms with van der Waals surface area (Å²) in [6.45, 7) is 7.80. The second-order valence-electron chi connectivity index (χ2n) is 7.04. The maximum atomic E-state index is 5.70. The first kappa shape index (κ1) is 23.6. The Kier molecular flexibility index (Phi) is 9.54. The zero-order chi connectivity index (χ0) is 21.9. The van der Waals surface area contributed by atoms with Gasteiger partial charge in [-0.1, -0.05) is 19.9 Å². The van der Waals surface area contributed by atoms with Crippen molar-refractivity contribution in [1.82, 2.24) is 15.1 Å². The average molecular weight is 417 g/mol. The van der Waals surface area contributed by atoms with Crippen LogP contribution in [0.1, 0.15) is 31.2 Å². The molecule has 0 fully saturated rings. The number of furan rings is 1. The molecule has 30 heavy (non-hydrogen) atoms. The van der Waals surface area contributed by atoms with Crippen LogP contribution in [0.25, 0.3) is 0 Å². The lowest BCUT2D eigenvalue weighted by molar-refractivity contribution is 0.192. The van der Waals surface area contributed by atoms with Crippen LogP contribution in [0, 0.1) is 0 Å². The molecular formula is C23H36N4O3. The number of hydrogen-bond acceptors (Lipinski definition) is 5. The highest BCUT2D eigenvalue weighted by molar-refractivity contribution is 5.79. The molecule has 0 aliphatic heterocycles. The van der Waals surface area contributed by atoms with E-state index in [-0.39, 0.29) is 6.04 Å². The monoisotopic (exact) mass is 416 g/mol. The van der Waals surface area contributed by atoms with Crippen LogP contribution in [0.3, 0.4) is 0 Å². The molecule has 1 heterocycles. The Bertz CT molecular complexity index is 773. The fourth-order valence-electron chi connectivity index (χ4n) is 3.57. The second kappa shape index (κ2) is 12.1. The molecular weight excluding hydrogens is 380 g/mol. The van der Waals surface area contributed by atoms with Gasteiger partial charge in [0.2, 0.25) is 0 Å². The molecule has 0 saturated heterocycles. The lowest BCUT2D eigenvalue weighted by Crippen LogP contribution is -2.44. The van der Waals surface area contributed by atoms with Crippen molar-refractivity contribution in [3.05, 3.63) is 47.9 Å². The van der Waals surface area contributed by atoms with Gasteiger partial charge in [-0.05, 0) is 49.3 Å². The molecule has 0 aliphatic carbocycles. The highest BCUT2D eigenvalue weighted by Crippen LogP contribution is 2.27. The first-order chi connectivity index (χ1) is 14.6. The van der Waals surface area contributed by atoms with E-state index in [2.05, 4.69) is 47.1 Å². The fourth-order valence-corrected chi connectivity index (χ4v) is 3.57. The standard InChI is InChI=1S/C23H36N4O3/c1-7-27(8-2)19(20-10-9-15-30-20)17-25-23(24-3)26(4)14-13-18-11-12-21(28-5)22(16-18)29-6/h9-12,15-16,19H,7-8,13-14,17H2,1-6H3,(H,24,25). The van der Waals surface area contributed by atoms with Crippen LogP contribution in [-0.2, 0) is 6.42 Å². The van der Waals surface area contributed by atoms with E-state index >= 15 is 0 Å². The Morgan fingerprint density at radius 3 is 2.43 bits per heavy atom. The molecule has 0 spiro atoms. The van der Waals surface area contributed by atoms with Crippen molar-refractivity contribution in [2.75, 3.05) is 54.5 Å². The van der Waals surface area contributed by atoms with E-state index in [0.717, 1.165) is 55.8 Å². The second-order valence-corrected chi connectivity index (χ2v) is 7.04. The third-order valence-electron chi connectivity index (χ3n) is 5.34. The van der Waals surface area contributed by atoms with Gasteiger partial charge in [-0.15, -0.1) is 0 Å². The van der Waals surface area contributed by atoms with E-state index in [9.17, 15) is 0 Å². The summed E-state index contributed by atoms with van der Waals surface area (Å²) in [7, 11) is 7.17. The average Bonchev–Trinajstić information content (AvgIpc) is 3.31. The smallest absolute Gasteiger partial charge is 0.193 e. The molecule has 7 nitrogen and oxygen atoms in total. The van der Waals surface area contributed by atoms with E-state index in [0.29, 0.717) is 0 Å². The van der Waals surface area contributed by atoms with Gasteiger partial charge >= 0.3 is 0 Å². The molecule has 1 atom stereocenters. The van der Waals surface area contributed by atoms with Gasteiger partial charge in [0.15, 0.2) is 17.5 Å². The topological polar surface area (TPSA) is 62.5 Å². The van der Waals surface area contributed by atoms with Crippen molar-refractivity contribution in [2.45, 2.75) is 26.3 Å². The lowest BCUT2D eigenvalue weighted by Gasteiger charge is -2.30. The Hall–Kier alpha value is -2.67. The van der Waals surface area contributed by atoms with Gasteiger partial charge in [0, 0.05) is 27.2 Å². The van der Waals surface area contributed by atoms with Gasteiger partial charge in [0.25, 0.3) is 0 Å². The number of aliphatic imine (C=N–C) groups is 1. The molecule has 1 unspecified atom stereocenters. The Balaban J connectivity index is 1.98. The minimum atomic E-state index is 0.158. The van der Waals surface area contributed by atoms with Crippen molar-refractivity contribution in [1.29, 1.82) is 0 Å². The van der Waals surface area contributed by atoms with Crippen LogP contribution in [-0.4, -0.2) is 70.3 Å². The zero-order valence-corrected chi connectivity index (χ0v) is 19.1. The molecule has 1 aromatic heterocycles. The van der Waals surface area contributed by atoms with E-state index in [1.165, 1.54) is 5.56 Å². The van der Waals surface area contributed by atoms with E-state index in [4.69, 9.17) is 13.9 Å². The van der Waals surface area contributed by atoms with Crippen molar-refractivity contribution < 1.29 is 13.9 Å². The molecule has 2 rings (SSSR count). The number of guanidine groups is 1. The summed E-state index contributed by atoms with van der Waals surface area (Å²) in [5.41, 5.74) is 1.19. The van der Waals surface area contributed by atoms with Crippen LogP contribution < -0.4 is 14.8 Å². The Morgan fingerprint density at radius 1 is 1.13 bits per heavy atom. The molecule has 0 saturated carbocycles. The number of methoxy groups -OCH3 is 2. The maximum absolute atomic E-state index is 5.70. The third kappa shape index (κ3) is 6.16. The fraction of sp³-hybridized carbons (Fsp3) is 0.522. The molecule has 1 N–H and O–H groups in total. The molecule has 7 heteroatoms. The molecule has 0 aliphatic rings. The summed E-state index contributed by atoms with van der Waals surface area (Å²) in [4.78, 5) is 8.98. The summed E-state index contributed by atoms with van der Waals surface area (Å²) in [6.07, 6.45) is 2.60. The van der Waals surface area contributed by atoms with Crippen LogP contribution in [0.4, 0.5) is 0 Å². The van der Waals surface area contributed by atoms with Gasteiger partial charge in [-0.3, -0.25) is 9.89 Å². The highest BCUT2D eigenvalue weighted by atomic mass is 16.5. The van der Waals surface area contributed by atoms with E-state index in [1.54, 1.807) is 20.5 Å². The summed E-state index contributed by atoms with van der Waals surface area (Å²) in [5.74, 6) is 3.32. The maximum Gasteiger partial charge on any atom is 0.193 e. The van der Waals surface area contributed by atoms with Crippen LogP contribution in [0.5, 0.6) is 11.5 Å². The van der Waals surface area contributed by atoms with Crippen molar-refractivity contribution in [3.8, 4) is 11.5 Å². The van der Waals surface area contributed by atoms with Crippen LogP contribution >= 0.6 is 0 Å². The van der Waals surface area contributed by atoms with Gasteiger partial charge in [-0.2, -0.15) is 0 Å². The Labute approximate surface area is 180 Å². The van der Waals surface area contributed by atoms with Crippen molar-refractivity contribution in [3.63, 3.8) is 0 Å². The predicted octanol–water partition coefficient (Wildman–Crippen LogP) is 3.43. The van der Waals surface area contributed by atoms with Gasteiger partial charge in [0.1, 0.15) is 5.76 Å². The number of nitrogens with zero attached hydrogens (tertiary/aromatic N) is 3. The molecule has 0 radical (unpaired) electrons. The summed E-state index contributed by atoms with van der Waals surface area (Å²) >= 11 is 0. The number of ether oxygens (including phenoxy) is 2. The van der Waals surface area contributed by atoms with Crippen LogP contribution in [0.2, 0.25) is 0 Å². The highest BCUT2D eigenvalue weighted by Gasteiger charge is 2.21. The quantitative estimate of drug-likeness (QED) is 0.447. The van der Waals surface area contributed by atoms with Gasteiger partial charge < -0.3 is 24.1 Å². The molecule has 0 amide bonds. The number of hydrogen-bond donors (Lipinski definition) is 1. The van der Waals surface area contributed by atoms with Crippen molar-refractivity contribution >= 4 is 5.96 Å². The minimum absolute atomic E-state index is 0.158. The van der Waals surface area contributed by atoms with E-state index < -0.39 is 0 Å². The normalized spacial score (nSPS) is 12.7. The summed E-state index contributed by atoms with van der Waals surface area (Å²) < 4.78 is 16.4. The largest absolute Gasteiger partial charge is 0.493 e. The van der Waals surface area contributed by atoms with Crippen molar-refractivity contribution in [2.24, 2.45) is 4.99 Å². The first-order valence-corrected chi connectivity index (χ1v) is 10.5. The number of likely N-dealkylation sites (N-methyl/N-ethyl adjacent to an activating group) is 2. The number of nitrogens with one attached hydrogen (secondary N) is 1. The zero-order valence-electron chi connectivity index (χ0n) is 19.1. The molecule has 0 bridgehead atoms. The lowest BCUT2D eigenvalue weighted by atomic mass is 10.1. The van der Waals surface area contributed by atoms with Gasteiger partial charge in [-0.25, -0.2) is 0 Å². The number of benzene rings is 1. The summed E-state index contributed by atoms with van der Waals surface area (Å²) in [6, 6.07) is 10.2. The number of rotatable bonds is 11. The van der Waals surface area contributed by atoms with Crippen LogP contribution in [0.15, 0.2) is 46.0 Å². The third-order valence-corrected chi connectivity index (χ3v) is 5.34. The molecule has 2 aromatic rings. The molecule has 166 valence electrons. The summed E-state index contributed by atoms with van der Waals surface area (Å²) in [5, 5.41) is 3.51. The Morgan fingerprint density at radius 2 is 1.87 bits per heavy atom. The SMILES string of the molecule is CCN(CC)C(CNC(=NC)N(C)CCc1ccc(OC)c(OC)c1)c1ccco1. The predicted molar refractivity (Wildman–Crippen MR) is 122 cm³/mol. The minimum Gasteiger partial charge on any atom is -0.493 e. The first-order valence-electron chi connectivity index (χ1n) is 10.5. The molecule has 1 aromatic carbocycles. The van der Waals surface area contributed by atoms with Gasteiger partial charge in [0.05, 0.1) is 26.5 Å². The van der Waals surface area contributed by atoms with E-state index in [1.807, 2.05) is 31.3 Å².